The van der Waals surface area contributed by atoms with Crippen molar-refractivity contribution in [3.8, 4) is 17.6 Å². The number of halogens is 1. The summed E-state index contributed by atoms with van der Waals surface area (Å²) in [5, 5.41) is 34.6. The van der Waals surface area contributed by atoms with Gasteiger partial charge in [0.2, 0.25) is 5.75 Å². The maximum Gasteiger partial charge on any atom is 0.318 e. The number of carbonyl (C=O) groups is 1. The molecule has 0 unspecified atom stereocenters. The molecule has 0 bridgehead atoms. The lowest BCUT2D eigenvalue weighted by atomic mass is 10.1. The Labute approximate surface area is 191 Å². The number of anilines is 1. The molecule has 33 heavy (non-hydrogen) atoms. The van der Waals surface area contributed by atoms with Gasteiger partial charge in [0.25, 0.3) is 11.6 Å². The van der Waals surface area contributed by atoms with E-state index in [0.717, 1.165) is 18.2 Å². The highest BCUT2D eigenvalue weighted by Crippen LogP contribution is 2.37. The lowest BCUT2D eigenvalue weighted by molar-refractivity contribution is -0.394. The maximum absolute atomic E-state index is 12.5. The van der Waals surface area contributed by atoms with E-state index < -0.39 is 27.1 Å². The Balaban J connectivity index is 1.98. The standard InChI is InChI=1S/C22H13ClN4O6/c23-16-6-8-20(33-21-9-7-18(26(29)30)12-19(21)27(31)32)14(11-16)10-15(13-24)22(28)25-17-4-2-1-3-5-17/h1-12H,(H,25,28)/b15-10+. The van der Waals surface area contributed by atoms with Crippen molar-refractivity contribution in [2.24, 2.45) is 0 Å². The van der Waals surface area contributed by atoms with E-state index in [-0.39, 0.29) is 27.7 Å². The zero-order chi connectivity index (χ0) is 24.0. The molecule has 0 aliphatic carbocycles. The largest absolute Gasteiger partial charge is 0.449 e. The molecule has 0 spiro atoms. The van der Waals surface area contributed by atoms with E-state index in [2.05, 4.69) is 5.32 Å². The van der Waals surface area contributed by atoms with Crippen LogP contribution in [0.3, 0.4) is 0 Å². The van der Waals surface area contributed by atoms with E-state index in [0.29, 0.717) is 5.69 Å². The quantitative estimate of drug-likeness (QED) is 0.210. The van der Waals surface area contributed by atoms with Crippen molar-refractivity contribution < 1.29 is 19.4 Å². The minimum absolute atomic E-state index is 0.0385. The molecule has 1 amide bonds. The molecule has 0 aromatic heterocycles. The zero-order valence-corrected chi connectivity index (χ0v) is 17.4. The van der Waals surface area contributed by atoms with Crippen LogP contribution in [0.1, 0.15) is 5.56 Å². The summed E-state index contributed by atoms with van der Waals surface area (Å²) in [6.07, 6.45) is 1.22. The number of nitro groups is 2. The Kier molecular flexibility index (Phi) is 6.97. The molecule has 164 valence electrons. The Morgan fingerprint density at radius 2 is 1.70 bits per heavy atom. The highest BCUT2D eigenvalue weighted by atomic mass is 35.5. The third-order valence-electron chi connectivity index (χ3n) is 4.24. The van der Waals surface area contributed by atoms with Crippen molar-refractivity contribution in [2.45, 2.75) is 0 Å². The number of nitrogens with one attached hydrogen (secondary N) is 1. The number of hydrogen-bond acceptors (Lipinski definition) is 7. The van der Waals surface area contributed by atoms with Crippen LogP contribution in [0.5, 0.6) is 11.5 Å². The molecule has 11 heteroatoms. The van der Waals surface area contributed by atoms with Crippen molar-refractivity contribution >= 4 is 40.6 Å². The SMILES string of the molecule is N#C/C(=C\c1cc(Cl)ccc1Oc1ccc([N+](=O)[O-])cc1[N+](=O)[O-])C(=O)Nc1ccccc1. The normalized spacial score (nSPS) is 10.7. The summed E-state index contributed by atoms with van der Waals surface area (Å²) in [6.45, 7) is 0. The summed E-state index contributed by atoms with van der Waals surface area (Å²) in [6, 6.07) is 17.4. The monoisotopic (exact) mass is 464 g/mol. The van der Waals surface area contributed by atoms with Crippen LogP contribution < -0.4 is 10.1 Å². The predicted octanol–water partition coefficient (Wildman–Crippen LogP) is 5.49. The molecule has 0 saturated carbocycles. The van der Waals surface area contributed by atoms with Gasteiger partial charge in [-0.1, -0.05) is 29.8 Å². The van der Waals surface area contributed by atoms with Crippen LogP contribution in [0, 0.1) is 31.6 Å². The smallest absolute Gasteiger partial charge is 0.318 e. The number of amides is 1. The van der Waals surface area contributed by atoms with Gasteiger partial charge in [-0.15, -0.1) is 0 Å². The number of benzene rings is 3. The summed E-state index contributed by atoms with van der Waals surface area (Å²) in [5.74, 6) is -0.914. The van der Waals surface area contributed by atoms with Gasteiger partial charge in [-0.05, 0) is 42.5 Å². The molecular formula is C22H13ClN4O6. The van der Waals surface area contributed by atoms with Crippen LogP contribution in [0.15, 0.2) is 72.3 Å². The Hall–Kier alpha value is -4.75. The first-order chi connectivity index (χ1) is 15.8. The van der Waals surface area contributed by atoms with Crippen LogP contribution in [0.4, 0.5) is 17.1 Å². The van der Waals surface area contributed by atoms with Crippen LogP contribution in [-0.2, 0) is 4.79 Å². The second-order valence-electron chi connectivity index (χ2n) is 6.44. The summed E-state index contributed by atoms with van der Waals surface area (Å²) in [4.78, 5) is 33.3. The average Bonchev–Trinajstić information content (AvgIpc) is 2.79. The summed E-state index contributed by atoms with van der Waals surface area (Å²) in [7, 11) is 0. The Morgan fingerprint density at radius 3 is 2.33 bits per heavy atom. The number of non-ortho nitro benzene ring substituents is 1. The van der Waals surface area contributed by atoms with Gasteiger partial charge in [-0.2, -0.15) is 5.26 Å². The van der Waals surface area contributed by atoms with E-state index >= 15 is 0 Å². The van der Waals surface area contributed by atoms with Gasteiger partial charge in [-0.3, -0.25) is 25.0 Å². The summed E-state index contributed by atoms with van der Waals surface area (Å²) < 4.78 is 5.63. The van der Waals surface area contributed by atoms with Crippen molar-refractivity contribution in [3.63, 3.8) is 0 Å². The highest BCUT2D eigenvalue weighted by molar-refractivity contribution is 6.30. The second-order valence-corrected chi connectivity index (χ2v) is 6.88. The van der Waals surface area contributed by atoms with Gasteiger partial charge >= 0.3 is 5.69 Å². The summed E-state index contributed by atoms with van der Waals surface area (Å²) >= 11 is 6.04. The Bertz CT molecular complexity index is 1320. The van der Waals surface area contributed by atoms with E-state index in [9.17, 15) is 30.3 Å². The second kappa shape index (κ2) is 10.0. The van der Waals surface area contributed by atoms with Gasteiger partial charge in [0.05, 0.1) is 15.9 Å². The van der Waals surface area contributed by atoms with E-state index in [4.69, 9.17) is 16.3 Å². The number of nitro benzene ring substituents is 2. The number of carbonyl (C=O) groups excluding carboxylic acids is 1. The zero-order valence-electron chi connectivity index (χ0n) is 16.6. The molecular weight excluding hydrogens is 452 g/mol. The lowest BCUT2D eigenvalue weighted by Crippen LogP contribution is -2.13. The van der Waals surface area contributed by atoms with Crippen LogP contribution in [0.2, 0.25) is 5.02 Å². The van der Waals surface area contributed by atoms with Crippen LogP contribution in [-0.4, -0.2) is 15.8 Å². The molecule has 0 fully saturated rings. The van der Waals surface area contributed by atoms with Gasteiger partial charge < -0.3 is 10.1 Å². The number of para-hydroxylation sites is 1. The molecule has 0 aliphatic heterocycles. The van der Waals surface area contributed by atoms with Crippen molar-refractivity contribution in [1.29, 1.82) is 5.26 Å². The van der Waals surface area contributed by atoms with Crippen LogP contribution in [0.25, 0.3) is 6.08 Å². The van der Waals surface area contributed by atoms with Crippen LogP contribution >= 0.6 is 11.6 Å². The molecule has 0 saturated heterocycles. The van der Waals surface area contributed by atoms with E-state index in [1.54, 1.807) is 36.4 Å². The Morgan fingerprint density at radius 1 is 1.00 bits per heavy atom. The van der Waals surface area contributed by atoms with Gasteiger partial charge in [-0.25, -0.2) is 0 Å². The lowest BCUT2D eigenvalue weighted by Gasteiger charge is -2.10. The molecule has 0 heterocycles. The third kappa shape index (κ3) is 5.69. The minimum Gasteiger partial charge on any atom is -0.449 e. The van der Waals surface area contributed by atoms with Crippen molar-refractivity contribution in [2.75, 3.05) is 5.32 Å². The molecule has 3 aromatic rings. The fraction of sp³-hybridized carbons (Fsp3) is 0. The fourth-order valence-electron chi connectivity index (χ4n) is 2.72. The van der Waals surface area contributed by atoms with Crippen molar-refractivity contribution in [1.82, 2.24) is 0 Å². The summed E-state index contributed by atoms with van der Waals surface area (Å²) in [5.41, 5.74) is -0.710. The first-order valence-corrected chi connectivity index (χ1v) is 9.54. The molecule has 3 aromatic carbocycles. The third-order valence-corrected chi connectivity index (χ3v) is 4.47. The fourth-order valence-corrected chi connectivity index (χ4v) is 2.90. The van der Waals surface area contributed by atoms with Gasteiger partial charge in [0.1, 0.15) is 17.4 Å². The number of nitrogens with zero attached hydrogens (tertiary/aromatic N) is 3. The topological polar surface area (TPSA) is 148 Å². The highest BCUT2D eigenvalue weighted by Gasteiger charge is 2.22. The van der Waals surface area contributed by atoms with Gasteiger partial charge in [0.15, 0.2) is 0 Å². The molecule has 0 atom stereocenters. The number of nitriles is 1. The maximum atomic E-state index is 12.5. The van der Waals surface area contributed by atoms with Crippen molar-refractivity contribution in [3.05, 3.63) is 103 Å². The van der Waals surface area contributed by atoms with Gasteiger partial charge in [0, 0.05) is 22.3 Å². The number of rotatable bonds is 7. The molecule has 0 aliphatic rings. The molecule has 1 N–H and O–H groups in total. The van der Waals surface area contributed by atoms with E-state index in [1.807, 2.05) is 0 Å². The number of hydrogen-bond donors (Lipinski definition) is 1. The predicted molar refractivity (Wildman–Crippen MR) is 120 cm³/mol. The first kappa shape index (κ1) is 22.9. The number of ether oxygens (including phenoxy) is 1. The molecule has 3 rings (SSSR count). The first-order valence-electron chi connectivity index (χ1n) is 9.17. The molecule has 10 nitrogen and oxygen atoms in total. The van der Waals surface area contributed by atoms with E-state index in [1.165, 1.54) is 24.3 Å². The molecule has 0 radical (unpaired) electrons. The minimum atomic E-state index is -0.818. The average molecular weight is 465 g/mol.